The van der Waals surface area contributed by atoms with Gasteiger partial charge in [0.2, 0.25) is 0 Å². The van der Waals surface area contributed by atoms with Gasteiger partial charge in [0, 0.05) is 18.6 Å². The zero-order chi connectivity index (χ0) is 9.35. The Hall–Kier alpha value is -0.290. The number of hydrogen-bond acceptors (Lipinski definition) is 2. The molecule has 0 radical (unpaired) electrons. The second-order valence-electron chi connectivity index (χ2n) is 3.28. The van der Waals surface area contributed by atoms with Gasteiger partial charge in [0.05, 0.1) is 6.54 Å². The lowest BCUT2D eigenvalue weighted by Crippen LogP contribution is -2.63. The predicted octanol–water partition coefficient (Wildman–Crippen LogP) is 0.841. The van der Waals surface area contributed by atoms with E-state index in [0.717, 1.165) is 0 Å². The molecule has 0 bridgehead atoms. The molecule has 5 heteroatoms. The summed E-state index contributed by atoms with van der Waals surface area (Å²) in [5.74, 6) is 0. The topological polar surface area (TPSA) is 15.3 Å². The van der Waals surface area contributed by atoms with Crippen LogP contribution in [0, 0.1) is 0 Å². The smallest absolute Gasteiger partial charge is 0.303 e. The first kappa shape index (κ1) is 9.80. The molecular formula is C7H13F3N2. The zero-order valence-corrected chi connectivity index (χ0v) is 7.15. The van der Waals surface area contributed by atoms with E-state index >= 15 is 0 Å². The quantitative estimate of drug-likeness (QED) is 0.680. The van der Waals surface area contributed by atoms with Gasteiger partial charge in [0.1, 0.15) is 0 Å². The van der Waals surface area contributed by atoms with Crippen molar-refractivity contribution in [1.29, 1.82) is 0 Å². The molecule has 1 aliphatic rings. The summed E-state index contributed by atoms with van der Waals surface area (Å²) in [6, 6.07) is 0.212. The third-order valence-corrected chi connectivity index (χ3v) is 2.33. The molecule has 1 saturated heterocycles. The highest BCUT2D eigenvalue weighted by molar-refractivity contribution is 4.92. The zero-order valence-electron chi connectivity index (χ0n) is 7.15. The highest BCUT2D eigenvalue weighted by Gasteiger charge is 2.35. The van der Waals surface area contributed by atoms with E-state index in [2.05, 4.69) is 5.32 Å². The van der Waals surface area contributed by atoms with E-state index in [9.17, 15) is 13.2 Å². The summed E-state index contributed by atoms with van der Waals surface area (Å²) in [6.45, 7) is 1.74. The third kappa shape index (κ3) is 2.35. The average molecular weight is 182 g/mol. The molecule has 1 N–H and O–H groups in total. The Morgan fingerprint density at radius 1 is 1.50 bits per heavy atom. The maximum atomic E-state index is 11.7. The van der Waals surface area contributed by atoms with Crippen molar-refractivity contribution in [3.63, 3.8) is 0 Å². The molecule has 0 aromatic heterocycles. The van der Waals surface area contributed by atoms with Crippen LogP contribution in [0.2, 0.25) is 0 Å². The minimum atomic E-state index is -4.09. The van der Waals surface area contributed by atoms with Crippen LogP contribution in [0.3, 0.4) is 0 Å². The van der Waals surface area contributed by atoms with Gasteiger partial charge in [0.25, 0.3) is 0 Å². The van der Waals surface area contributed by atoms with Gasteiger partial charge in [-0.3, -0.25) is 0 Å². The molecule has 2 nitrogen and oxygen atoms in total. The van der Waals surface area contributed by atoms with Gasteiger partial charge in [-0.1, -0.05) is 0 Å². The molecule has 0 aliphatic carbocycles. The maximum Gasteiger partial charge on any atom is 0.401 e. The van der Waals surface area contributed by atoms with Crippen LogP contribution < -0.4 is 5.32 Å². The SMILES string of the molecule is CC1C(NCC(F)(F)F)CN1C. The highest BCUT2D eigenvalue weighted by Crippen LogP contribution is 2.17. The van der Waals surface area contributed by atoms with Crippen LogP contribution in [0.4, 0.5) is 13.2 Å². The first-order valence-corrected chi connectivity index (χ1v) is 3.90. The Labute approximate surface area is 69.7 Å². The lowest BCUT2D eigenvalue weighted by molar-refractivity contribution is -0.129. The summed E-state index contributed by atoms with van der Waals surface area (Å²) in [4.78, 5) is 2.01. The minimum absolute atomic E-state index is 0.00313. The molecular weight excluding hydrogens is 169 g/mol. The molecule has 12 heavy (non-hydrogen) atoms. The van der Waals surface area contributed by atoms with E-state index in [1.807, 2.05) is 18.9 Å². The number of nitrogens with zero attached hydrogens (tertiary/aromatic N) is 1. The molecule has 1 fully saturated rings. The maximum absolute atomic E-state index is 11.7. The van der Waals surface area contributed by atoms with Crippen LogP contribution in [0.5, 0.6) is 0 Å². The van der Waals surface area contributed by atoms with E-state index in [0.29, 0.717) is 6.54 Å². The highest BCUT2D eigenvalue weighted by atomic mass is 19.4. The first-order valence-electron chi connectivity index (χ1n) is 3.90. The van der Waals surface area contributed by atoms with Gasteiger partial charge in [-0.05, 0) is 14.0 Å². The van der Waals surface area contributed by atoms with Crippen LogP contribution in [-0.2, 0) is 0 Å². The summed E-state index contributed by atoms with van der Waals surface area (Å²) >= 11 is 0. The van der Waals surface area contributed by atoms with E-state index in [-0.39, 0.29) is 12.1 Å². The van der Waals surface area contributed by atoms with Gasteiger partial charge in [-0.15, -0.1) is 0 Å². The minimum Gasteiger partial charge on any atom is -0.303 e. The third-order valence-electron chi connectivity index (χ3n) is 2.33. The van der Waals surface area contributed by atoms with Crippen molar-refractivity contribution in [2.24, 2.45) is 0 Å². The fourth-order valence-electron chi connectivity index (χ4n) is 1.28. The molecule has 0 saturated carbocycles. The van der Waals surface area contributed by atoms with Crippen molar-refractivity contribution < 1.29 is 13.2 Å². The average Bonchev–Trinajstić information content (AvgIpc) is 1.95. The van der Waals surface area contributed by atoms with Crippen molar-refractivity contribution in [3.8, 4) is 0 Å². The predicted molar refractivity (Wildman–Crippen MR) is 39.9 cm³/mol. The standard InChI is InChI=1S/C7H13F3N2/c1-5-6(3-12(5)2)11-4-7(8,9)10/h5-6,11H,3-4H2,1-2H3. The Bertz CT molecular complexity index is 157. The normalized spacial score (nSPS) is 31.8. The van der Waals surface area contributed by atoms with E-state index in [1.54, 1.807) is 0 Å². The van der Waals surface area contributed by atoms with E-state index in [1.165, 1.54) is 0 Å². The lowest BCUT2D eigenvalue weighted by Gasteiger charge is -2.44. The van der Waals surface area contributed by atoms with Crippen LogP contribution in [0.1, 0.15) is 6.92 Å². The molecule has 0 aromatic carbocycles. The van der Waals surface area contributed by atoms with Crippen LogP contribution >= 0.6 is 0 Å². The van der Waals surface area contributed by atoms with Crippen molar-refractivity contribution in [2.75, 3.05) is 20.1 Å². The second kappa shape index (κ2) is 3.22. The number of hydrogen-bond donors (Lipinski definition) is 1. The number of likely N-dealkylation sites (tertiary alicyclic amines) is 1. The summed E-state index contributed by atoms with van der Waals surface area (Å²) in [5, 5.41) is 2.47. The molecule has 0 spiro atoms. The number of alkyl halides is 3. The van der Waals surface area contributed by atoms with Crippen LogP contribution in [-0.4, -0.2) is 43.3 Å². The van der Waals surface area contributed by atoms with Gasteiger partial charge in [-0.25, -0.2) is 0 Å². The van der Waals surface area contributed by atoms with Crippen molar-refractivity contribution in [3.05, 3.63) is 0 Å². The number of halogens is 3. The molecule has 0 aromatic rings. The van der Waals surface area contributed by atoms with E-state index in [4.69, 9.17) is 0 Å². The Morgan fingerprint density at radius 2 is 2.08 bits per heavy atom. The Balaban J connectivity index is 2.18. The monoisotopic (exact) mass is 182 g/mol. The van der Waals surface area contributed by atoms with Gasteiger partial charge in [-0.2, -0.15) is 13.2 Å². The summed E-state index contributed by atoms with van der Waals surface area (Å²) in [6.07, 6.45) is -4.09. The van der Waals surface area contributed by atoms with Gasteiger partial charge < -0.3 is 10.2 Å². The molecule has 1 heterocycles. The van der Waals surface area contributed by atoms with Gasteiger partial charge >= 0.3 is 6.18 Å². The van der Waals surface area contributed by atoms with Crippen LogP contribution in [0.15, 0.2) is 0 Å². The Morgan fingerprint density at radius 3 is 2.42 bits per heavy atom. The lowest BCUT2D eigenvalue weighted by atomic mass is 10.00. The fourth-order valence-corrected chi connectivity index (χ4v) is 1.28. The molecule has 1 aliphatic heterocycles. The van der Waals surface area contributed by atoms with Crippen LogP contribution in [0.25, 0.3) is 0 Å². The fraction of sp³-hybridized carbons (Fsp3) is 1.00. The molecule has 72 valence electrons. The molecule has 1 rings (SSSR count). The van der Waals surface area contributed by atoms with E-state index < -0.39 is 12.7 Å². The summed E-state index contributed by atoms with van der Waals surface area (Å²) in [7, 11) is 1.90. The first-order chi connectivity index (χ1) is 5.40. The largest absolute Gasteiger partial charge is 0.401 e. The second-order valence-corrected chi connectivity index (χ2v) is 3.28. The van der Waals surface area contributed by atoms with Gasteiger partial charge in [0.15, 0.2) is 0 Å². The summed E-state index contributed by atoms with van der Waals surface area (Å²) < 4.78 is 35.2. The number of likely N-dealkylation sites (N-methyl/N-ethyl adjacent to an activating group) is 1. The number of nitrogens with one attached hydrogen (secondary N) is 1. The molecule has 2 unspecified atom stereocenters. The van der Waals surface area contributed by atoms with Crippen molar-refractivity contribution in [2.45, 2.75) is 25.2 Å². The van der Waals surface area contributed by atoms with Crippen molar-refractivity contribution >= 4 is 0 Å². The molecule has 0 amide bonds. The van der Waals surface area contributed by atoms with Crippen molar-refractivity contribution in [1.82, 2.24) is 10.2 Å². The Kier molecular flexibility index (Phi) is 2.63. The molecule has 2 atom stereocenters. The summed E-state index contributed by atoms with van der Waals surface area (Å²) in [5.41, 5.74) is 0. The number of rotatable bonds is 2.